The van der Waals surface area contributed by atoms with Crippen LogP contribution >= 0.6 is 11.3 Å². The molecule has 4 heterocycles. The fraction of sp³-hybridized carbons (Fsp3) is 0. The zero-order valence-corrected chi connectivity index (χ0v) is 33.0. The molecule has 0 atom stereocenters. The van der Waals surface area contributed by atoms with Crippen LogP contribution in [0.3, 0.4) is 0 Å². The van der Waals surface area contributed by atoms with E-state index in [-0.39, 0.29) is 0 Å². The molecule has 0 fully saturated rings. The predicted octanol–water partition coefficient (Wildman–Crippen LogP) is 14.2. The van der Waals surface area contributed by atoms with Crippen LogP contribution < -0.4 is 0 Å². The zero-order valence-electron chi connectivity index (χ0n) is 32.2. The molecule has 0 aliphatic rings. The molecule has 0 amide bonds. The summed E-state index contributed by atoms with van der Waals surface area (Å²) < 4.78 is 4.77. The Morgan fingerprint density at radius 1 is 0.333 bits per heavy atom. The molecule has 5 nitrogen and oxygen atoms in total. The van der Waals surface area contributed by atoms with E-state index < -0.39 is 0 Å². The molecule has 0 N–H and O–H groups in total. The highest BCUT2D eigenvalue weighted by molar-refractivity contribution is 7.26. The summed E-state index contributed by atoms with van der Waals surface area (Å²) in [4.78, 5) is 21.0. The van der Waals surface area contributed by atoms with Crippen molar-refractivity contribution >= 4 is 64.2 Å². The number of para-hydroxylation sites is 2. The molecule has 8 aromatic carbocycles. The van der Waals surface area contributed by atoms with Crippen molar-refractivity contribution in [3.8, 4) is 62.2 Å². The minimum absolute atomic E-state index is 0.597. The summed E-state index contributed by atoms with van der Waals surface area (Å²) >= 11 is 1.80. The normalized spacial score (nSPS) is 11.7. The topological polar surface area (TPSA) is 56.5 Å². The third-order valence-corrected chi connectivity index (χ3v) is 12.6. The summed E-state index contributed by atoms with van der Waals surface area (Å²) in [6.45, 7) is 0. The fourth-order valence-electron chi connectivity index (χ4n) is 8.60. The molecule has 0 aliphatic carbocycles. The van der Waals surface area contributed by atoms with Crippen molar-refractivity contribution in [2.75, 3.05) is 0 Å². The summed E-state index contributed by atoms with van der Waals surface area (Å²) in [6.07, 6.45) is 0. The van der Waals surface area contributed by atoms with Crippen LogP contribution in [-0.2, 0) is 0 Å². The molecule has 4 aromatic heterocycles. The first-order chi connectivity index (χ1) is 29.7. The Labute approximate surface area is 349 Å². The van der Waals surface area contributed by atoms with E-state index in [4.69, 9.17) is 19.9 Å². The second-order valence-corrected chi connectivity index (χ2v) is 16.1. The smallest absolute Gasteiger partial charge is 0.164 e. The zero-order chi connectivity index (χ0) is 39.6. The van der Waals surface area contributed by atoms with Crippen LogP contribution in [0.15, 0.2) is 200 Å². The lowest BCUT2D eigenvalue weighted by molar-refractivity contribution is 1.07. The summed E-state index contributed by atoms with van der Waals surface area (Å²) in [5.74, 6) is 1.81. The van der Waals surface area contributed by atoms with Gasteiger partial charge in [-0.2, -0.15) is 0 Å². The average Bonchev–Trinajstić information content (AvgIpc) is 3.88. The number of rotatable bonds is 6. The van der Waals surface area contributed by atoms with Crippen LogP contribution in [0, 0.1) is 0 Å². The number of aromatic nitrogens is 5. The lowest BCUT2D eigenvalue weighted by atomic mass is 10.0. The van der Waals surface area contributed by atoms with Crippen LogP contribution in [-0.4, -0.2) is 24.5 Å². The van der Waals surface area contributed by atoms with Crippen molar-refractivity contribution in [3.05, 3.63) is 200 Å². The molecule has 0 saturated carbocycles. The Balaban J connectivity index is 1.02. The van der Waals surface area contributed by atoms with Gasteiger partial charge in [0.15, 0.2) is 17.5 Å². The van der Waals surface area contributed by atoms with Gasteiger partial charge in [-0.1, -0.05) is 146 Å². The van der Waals surface area contributed by atoms with Crippen LogP contribution in [0.1, 0.15) is 0 Å². The largest absolute Gasteiger partial charge is 0.309 e. The van der Waals surface area contributed by atoms with Gasteiger partial charge in [0, 0.05) is 59.6 Å². The maximum absolute atomic E-state index is 5.39. The molecular formula is C54H33N5S. The molecule has 6 heteroatoms. The summed E-state index contributed by atoms with van der Waals surface area (Å²) in [5, 5.41) is 5.96. The SMILES string of the molecule is c1ccc(-c2cccc(-c3nc(-c4ccc(-n5c6ccccc6c6ccccc65)cc4)nc(-c4cccc(-c5nc6c7ccccc7sc6c6ccccc56)c4)n3)c2)cc1. The fourth-order valence-corrected chi connectivity index (χ4v) is 9.78. The quantitative estimate of drug-likeness (QED) is 0.169. The van der Waals surface area contributed by atoms with Gasteiger partial charge in [0.25, 0.3) is 0 Å². The number of hydrogen-bond donors (Lipinski definition) is 0. The molecule has 0 bridgehead atoms. The number of pyridine rings is 1. The third kappa shape index (κ3) is 5.69. The molecule has 0 saturated heterocycles. The molecule has 0 radical (unpaired) electrons. The second kappa shape index (κ2) is 13.9. The molecule has 280 valence electrons. The van der Waals surface area contributed by atoms with Gasteiger partial charge in [-0.05, 0) is 65.7 Å². The lowest BCUT2D eigenvalue weighted by Gasteiger charge is -2.12. The summed E-state index contributed by atoms with van der Waals surface area (Å²) in [7, 11) is 0. The first-order valence-electron chi connectivity index (χ1n) is 20.1. The first kappa shape index (κ1) is 34.3. The van der Waals surface area contributed by atoms with Crippen LogP contribution in [0.25, 0.3) is 115 Å². The van der Waals surface area contributed by atoms with E-state index in [1.807, 2.05) is 6.07 Å². The van der Waals surface area contributed by atoms with Crippen molar-refractivity contribution in [1.29, 1.82) is 0 Å². The molecule has 0 spiro atoms. The Bertz CT molecular complexity index is 3550. The van der Waals surface area contributed by atoms with Gasteiger partial charge in [-0.15, -0.1) is 11.3 Å². The number of nitrogens with zero attached hydrogens (tertiary/aromatic N) is 5. The number of thiophene rings is 1. The third-order valence-electron chi connectivity index (χ3n) is 11.4. The van der Waals surface area contributed by atoms with Crippen LogP contribution in [0.4, 0.5) is 0 Å². The standard InChI is InChI=1S/C54H33N5S/c1-2-14-34(15-3-1)36-16-12-18-38(32-36)53-56-52(35-28-30-40(31-29-35)59-46-25-9-6-20-41(46)42-21-7-10-26-47(42)59)57-54(58-53)39-19-13-17-37(33-39)49-43-22-4-5-23-44(43)51-50(55-49)45-24-8-11-27-48(45)60-51/h1-33H. The molecule has 0 aliphatic heterocycles. The molecule has 0 unspecified atom stereocenters. The maximum Gasteiger partial charge on any atom is 0.164 e. The van der Waals surface area contributed by atoms with Gasteiger partial charge < -0.3 is 4.57 Å². The van der Waals surface area contributed by atoms with E-state index in [1.165, 1.54) is 42.0 Å². The minimum Gasteiger partial charge on any atom is -0.309 e. The van der Waals surface area contributed by atoms with Gasteiger partial charge in [0.2, 0.25) is 0 Å². The minimum atomic E-state index is 0.597. The van der Waals surface area contributed by atoms with Crippen molar-refractivity contribution in [1.82, 2.24) is 24.5 Å². The summed E-state index contributed by atoms with van der Waals surface area (Å²) in [6, 6.07) is 70.2. The Morgan fingerprint density at radius 3 is 1.52 bits per heavy atom. The highest BCUT2D eigenvalue weighted by Gasteiger charge is 2.18. The number of hydrogen-bond acceptors (Lipinski definition) is 5. The van der Waals surface area contributed by atoms with E-state index in [2.05, 4.69) is 199 Å². The molecule has 60 heavy (non-hydrogen) atoms. The van der Waals surface area contributed by atoms with Crippen molar-refractivity contribution in [2.24, 2.45) is 0 Å². The van der Waals surface area contributed by atoms with E-state index in [1.54, 1.807) is 11.3 Å². The van der Waals surface area contributed by atoms with Gasteiger partial charge in [-0.25, -0.2) is 19.9 Å². The predicted molar refractivity (Wildman–Crippen MR) is 250 cm³/mol. The highest BCUT2D eigenvalue weighted by atomic mass is 32.1. The monoisotopic (exact) mass is 783 g/mol. The van der Waals surface area contributed by atoms with Crippen molar-refractivity contribution < 1.29 is 0 Å². The number of fused-ring (bicyclic) bond motifs is 8. The molecular weight excluding hydrogens is 751 g/mol. The average molecular weight is 784 g/mol. The van der Waals surface area contributed by atoms with Crippen LogP contribution in [0.2, 0.25) is 0 Å². The van der Waals surface area contributed by atoms with E-state index in [0.717, 1.165) is 55.7 Å². The highest BCUT2D eigenvalue weighted by Crippen LogP contribution is 2.41. The van der Waals surface area contributed by atoms with Crippen LogP contribution in [0.5, 0.6) is 0 Å². The van der Waals surface area contributed by atoms with Gasteiger partial charge in [0.1, 0.15) is 0 Å². The van der Waals surface area contributed by atoms with Gasteiger partial charge in [-0.3, -0.25) is 0 Å². The lowest BCUT2D eigenvalue weighted by Crippen LogP contribution is -2.01. The van der Waals surface area contributed by atoms with E-state index in [9.17, 15) is 0 Å². The Kier molecular flexibility index (Phi) is 7.96. The van der Waals surface area contributed by atoms with Crippen molar-refractivity contribution in [2.45, 2.75) is 0 Å². The van der Waals surface area contributed by atoms with Gasteiger partial charge in [0.05, 0.1) is 26.9 Å². The van der Waals surface area contributed by atoms with E-state index >= 15 is 0 Å². The number of benzene rings is 8. The second-order valence-electron chi connectivity index (χ2n) is 15.0. The summed E-state index contributed by atoms with van der Waals surface area (Å²) in [5.41, 5.74) is 11.3. The van der Waals surface area contributed by atoms with E-state index in [0.29, 0.717) is 17.5 Å². The Hall–Kier alpha value is -7.80. The van der Waals surface area contributed by atoms with Crippen molar-refractivity contribution in [3.63, 3.8) is 0 Å². The Morgan fingerprint density at radius 2 is 0.833 bits per heavy atom. The molecule has 12 rings (SSSR count). The molecule has 12 aromatic rings. The maximum atomic E-state index is 5.39. The first-order valence-corrected chi connectivity index (χ1v) is 20.9. The van der Waals surface area contributed by atoms with Gasteiger partial charge >= 0.3 is 0 Å².